The smallest absolute Gasteiger partial charge is 0.416 e. The molecule has 0 aliphatic rings. The van der Waals surface area contributed by atoms with Gasteiger partial charge in [0, 0.05) is 4.90 Å². The summed E-state index contributed by atoms with van der Waals surface area (Å²) >= 11 is 1.48. The lowest BCUT2D eigenvalue weighted by molar-refractivity contribution is -0.145. The molecule has 0 N–H and O–H groups in total. The first-order chi connectivity index (χ1) is 17.6. The summed E-state index contributed by atoms with van der Waals surface area (Å²) in [6.07, 6.45) is -1.71. The molecule has 37 heavy (non-hydrogen) atoms. The van der Waals surface area contributed by atoms with E-state index in [0.717, 1.165) is 45.0 Å². The number of carbonyl (C=O) groups is 1. The van der Waals surface area contributed by atoms with Gasteiger partial charge in [0.2, 0.25) is 0 Å². The maximum atomic E-state index is 12.8. The molecule has 0 aromatic heterocycles. The van der Waals surface area contributed by atoms with Crippen molar-refractivity contribution in [3.63, 3.8) is 0 Å². The summed E-state index contributed by atoms with van der Waals surface area (Å²) in [5.41, 5.74) is 2.95. The average molecular weight is 529 g/mol. The molecule has 0 radical (unpaired) electrons. The molecule has 0 saturated carbocycles. The number of benzene rings is 3. The highest BCUT2D eigenvalue weighted by Gasteiger charge is 2.34. The highest BCUT2D eigenvalue weighted by Crippen LogP contribution is 2.37. The van der Waals surface area contributed by atoms with Crippen molar-refractivity contribution in [3.8, 4) is 16.9 Å². The fraction of sp³-hybridized carbons (Fsp3) is 0.300. The van der Waals surface area contributed by atoms with Crippen LogP contribution in [0.2, 0.25) is 0 Å². The predicted octanol–water partition coefficient (Wildman–Crippen LogP) is 8.68. The van der Waals surface area contributed by atoms with E-state index in [1.807, 2.05) is 75.4 Å². The number of thioether (sulfide) groups is 1. The van der Waals surface area contributed by atoms with Crippen LogP contribution in [0.1, 0.15) is 45.2 Å². The van der Waals surface area contributed by atoms with Gasteiger partial charge in [0.25, 0.3) is 0 Å². The van der Waals surface area contributed by atoms with Gasteiger partial charge in [-0.25, -0.2) is 0 Å². The van der Waals surface area contributed by atoms with Gasteiger partial charge in [0.1, 0.15) is 17.1 Å². The minimum atomic E-state index is -4.34. The van der Waals surface area contributed by atoms with E-state index in [9.17, 15) is 18.0 Å². The summed E-state index contributed by atoms with van der Waals surface area (Å²) in [5, 5.41) is 0. The lowest BCUT2D eigenvalue weighted by Gasteiger charge is -2.25. The van der Waals surface area contributed by atoms with Crippen molar-refractivity contribution in [2.24, 2.45) is 0 Å². The maximum Gasteiger partial charge on any atom is 0.416 e. The van der Waals surface area contributed by atoms with Crippen molar-refractivity contribution in [3.05, 3.63) is 90.0 Å². The molecule has 0 aliphatic carbocycles. The molecule has 0 aliphatic heterocycles. The van der Waals surface area contributed by atoms with Gasteiger partial charge in [0.05, 0.1) is 12.2 Å². The van der Waals surface area contributed by atoms with Crippen LogP contribution in [-0.4, -0.2) is 23.9 Å². The summed E-state index contributed by atoms with van der Waals surface area (Å²) in [6, 6.07) is 20.5. The summed E-state index contributed by atoms with van der Waals surface area (Å²) in [6.45, 7) is 8.39. The molecular weight excluding hydrogens is 497 g/mol. The Bertz CT molecular complexity index is 1200. The van der Waals surface area contributed by atoms with Crippen molar-refractivity contribution >= 4 is 23.3 Å². The second-order valence-corrected chi connectivity index (χ2v) is 10.3. The van der Waals surface area contributed by atoms with Crippen LogP contribution in [0.15, 0.2) is 83.8 Å². The Kier molecular flexibility index (Phi) is 9.49. The molecule has 3 aromatic carbocycles. The number of halogens is 3. The molecular formula is C30H31F3O3S. The molecule has 3 rings (SSSR count). The first-order valence-electron chi connectivity index (χ1n) is 12.1. The molecule has 0 heterocycles. The number of hydrogen-bond acceptors (Lipinski definition) is 4. The van der Waals surface area contributed by atoms with Crippen molar-refractivity contribution in [1.29, 1.82) is 0 Å². The Hall–Kier alpha value is -3.19. The van der Waals surface area contributed by atoms with Crippen LogP contribution in [0, 0.1) is 0 Å². The first-order valence-corrected chi connectivity index (χ1v) is 12.9. The van der Waals surface area contributed by atoms with Crippen LogP contribution in [-0.2, 0) is 15.7 Å². The summed E-state index contributed by atoms with van der Waals surface area (Å²) in [4.78, 5) is 13.3. The second-order valence-electron chi connectivity index (χ2n) is 8.73. The highest BCUT2D eigenvalue weighted by atomic mass is 32.2. The van der Waals surface area contributed by atoms with E-state index < -0.39 is 16.5 Å². The predicted molar refractivity (Wildman–Crippen MR) is 144 cm³/mol. The zero-order valence-electron chi connectivity index (χ0n) is 21.4. The van der Waals surface area contributed by atoms with Gasteiger partial charge in [-0.3, -0.25) is 4.79 Å². The van der Waals surface area contributed by atoms with Crippen LogP contribution >= 0.6 is 11.8 Å². The molecule has 0 unspecified atom stereocenters. The third-order valence-electron chi connectivity index (χ3n) is 6.07. The van der Waals surface area contributed by atoms with E-state index in [4.69, 9.17) is 9.47 Å². The van der Waals surface area contributed by atoms with Crippen LogP contribution < -0.4 is 4.74 Å². The van der Waals surface area contributed by atoms with Gasteiger partial charge in [-0.2, -0.15) is 13.2 Å². The van der Waals surface area contributed by atoms with Crippen molar-refractivity contribution in [2.45, 2.75) is 49.9 Å². The van der Waals surface area contributed by atoms with Gasteiger partial charge in [-0.1, -0.05) is 43.3 Å². The molecule has 3 aromatic rings. The minimum Gasteiger partial charge on any atom is -0.490 e. The monoisotopic (exact) mass is 528 g/mol. The zero-order chi connectivity index (χ0) is 27.1. The fourth-order valence-electron chi connectivity index (χ4n) is 3.56. The summed E-state index contributed by atoms with van der Waals surface area (Å²) < 4.78 is 48.8. The number of carbonyl (C=O) groups excluding carboxylic acids is 1. The molecule has 0 spiro atoms. The van der Waals surface area contributed by atoms with Crippen LogP contribution in [0.4, 0.5) is 13.2 Å². The minimum absolute atomic E-state index is 0.212. The largest absolute Gasteiger partial charge is 0.490 e. The van der Waals surface area contributed by atoms with Gasteiger partial charge in [-0.15, -0.1) is 11.8 Å². The molecule has 0 bridgehead atoms. The summed E-state index contributed by atoms with van der Waals surface area (Å²) in [5.74, 6) is 0.510. The Morgan fingerprint density at radius 1 is 0.892 bits per heavy atom. The van der Waals surface area contributed by atoms with E-state index in [-0.39, 0.29) is 5.97 Å². The first kappa shape index (κ1) is 28.4. The van der Waals surface area contributed by atoms with Crippen LogP contribution in [0.25, 0.3) is 16.7 Å². The maximum absolute atomic E-state index is 12.8. The molecule has 3 nitrogen and oxygen atoms in total. The SMILES string of the molecule is CCOC(=O)[C@@](C)(CC)Sc1ccc(OC/C=C(\C)c2ccc(-c3ccc(C(F)(F)F)cc3)cc2)cc1. The summed E-state index contributed by atoms with van der Waals surface area (Å²) in [7, 11) is 0. The standard InChI is InChI=1S/C30H31F3O3S/c1-5-29(4,28(34)35-6-2)37-27-17-15-26(16-18-27)36-20-19-21(3)22-7-9-23(10-8-22)24-11-13-25(14-12-24)30(31,32)33/h7-19H,5-6,20H2,1-4H3/b21-19+/t29-/m1/s1. The van der Waals surface area contributed by atoms with E-state index >= 15 is 0 Å². The Balaban J connectivity index is 1.57. The topological polar surface area (TPSA) is 35.5 Å². The van der Waals surface area contributed by atoms with E-state index in [1.54, 1.807) is 6.92 Å². The quantitative estimate of drug-likeness (QED) is 0.195. The van der Waals surface area contributed by atoms with Crippen molar-refractivity contribution < 1.29 is 27.4 Å². The van der Waals surface area contributed by atoms with Gasteiger partial charge < -0.3 is 9.47 Å². The average Bonchev–Trinajstić information content (AvgIpc) is 2.89. The highest BCUT2D eigenvalue weighted by molar-refractivity contribution is 8.01. The number of rotatable bonds is 10. The fourth-order valence-corrected chi connectivity index (χ4v) is 4.64. The third kappa shape index (κ3) is 7.65. The van der Waals surface area contributed by atoms with E-state index in [1.165, 1.54) is 23.9 Å². The molecule has 196 valence electrons. The molecule has 1 atom stereocenters. The second kappa shape index (κ2) is 12.4. The lowest BCUT2D eigenvalue weighted by Crippen LogP contribution is -2.32. The van der Waals surface area contributed by atoms with E-state index in [2.05, 4.69) is 0 Å². The Labute approximate surface area is 220 Å². The number of ether oxygens (including phenoxy) is 2. The normalized spacial score (nSPS) is 13.6. The number of alkyl halides is 3. The zero-order valence-corrected chi connectivity index (χ0v) is 22.2. The van der Waals surface area contributed by atoms with Crippen LogP contribution in [0.5, 0.6) is 5.75 Å². The third-order valence-corrected chi connectivity index (χ3v) is 7.49. The molecule has 0 fully saturated rings. The molecule has 7 heteroatoms. The molecule has 0 saturated heterocycles. The molecule has 0 amide bonds. The van der Waals surface area contributed by atoms with E-state index in [0.29, 0.717) is 19.6 Å². The van der Waals surface area contributed by atoms with Gasteiger partial charge >= 0.3 is 12.1 Å². The van der Waals surface area contributed by atoms with Crippen molar-refractivity contribution in [1.82, 2.24) is 0 Å². The number of hydrogen-bond donors (Lipinski definition) is 0. The Morgan fingerprint density at radius 3 is 1.97 bits per heavy atom. The van der Waals surface area contributed by atoms with Gasteiger partial charge in [-0.05, 0) is 91.9 Å². The number of esters is 1. The van der Waals surface area contributed by atoms with Crippen molar-refractivity contribution in [2.75, 3.05) is 13.2 Å². The Morgan fingerprint density at radius 2 is 1.46 bits per heavy atom. The lowest BCUT2D eigenvalue weighted by atomic mass is 10.00. The van der Waals surface area contributed by atoms with Gasteiger partial charge in [0.15, 0.2) is 0 Å². The number of allylic oxidation sites excluding steroid dienone is 1. The van der Waals surface area contributed by atoms with Crippen LogP contribution in [0.3, 0.4) is 0 Å².